The van der Waals surface area contributed by atoms with Crippen molar-refractivity contribution in [2.45, 2.75) is 6.54 Å². The van der Waals surface area contributed by atoms with Crippen molar-refractivity contribution < 1.29 is 9.53 Å². The first kappa shape index (κ1) is 17.1. The van der Waals surface area contributed by atoms with E-state index in [0.717, 1.165) is 21.3 Å². The summed E-state index contributed by atoms with van der Waals surface area (Å²) in [5.74, 6) is 1.16. The van der Waals surface area contributed by atoms with Crippen molar-refractivity contribution in [2.24, 2.45) is 0 Å². The van der Waals surface area contributed by atoms with Gasteiger partial charge in [-0.2, -0.15) is 5.21 Å². The van der Waals surface area contributed by atoms with Crippen LogP contribution >= 0.6 is 15.9 Å². The molecule has 7 nitrogen and oxygen atoms in total. The van der Waals surface area contributed by atoms with Gasteiger partial charge in [0.15, 0.2) is 0 Å². The lowest BCUT2D eigenvalue weighted by Crippen LogP contribution is -2.26. The zero-order chi connectivity index (χ0) is 17.8. The highest BCUT2D eigenvalue weighted by atomic mass is 79.9. The Kier molecular flexibility index (Phi) is 5.08. The monoisotopic (exact) mass is 401 g/mol. The SMILES string of the molecule is COc1ccc(Br)cc1CN(C)C(=O)c1ccc(-c2nn[nH]n2)cc1. The number of carbonyl (C=O) groups is 1. The molecular formula is C17H16BrN5O2. The van der Waals surface area contributed by atoms with E-state index in [0.29, 0.717) is 17.9 Å². The van der Waals surface area contributed by atoms with Crippen LogP contribution < -0.4 is 4.74 Å². The van der Waals surface area contributed by atoms with Gasteiger partial charge in [-0.25, -0.2) is 0 Å². The number of carbonyl (C=O) groups excluding carboxylic acids is 1. The number of ether oxygens (including phenoxy) is 1. The van der Waals surface area contributed by atoms with Crippen LogP contribution in [0, 0.1) is 0 Å². The molecule has 0 aliphatic carbocycles. The maximum atomic E-state index is 12.7. The number of rotatable bonds is 5. The number of nitrogens with one attached hydrogen (secondary N) is 1. The second-order valence-electron chi connectivity index (χ2n) is 5.43. The van der Waals surface area contributed by atoms with Gasteiger partial charge in [-0.3, -0.25) is 4.79 Å². The Hall–Kier alpha value is -2.74. The Bertz CT molecular complexity index is 865. The number of aromatic amines is 1. The molecule has 0 saturated heterocycles. The maximum absolute atomic E-state index is 12.7. The number of methoxy groups -OCH3 is 1. The molecule has 2 aromatic carbocycles. The van der Waals surface area contributed by atoms with E-state index in [1.54, 1.807) is 43.3 Å². The largest absolute Gasteiger partial charge is 0.496 e. The van der Waals surface area contributed by atoms with Crippen LogP contribution in [0.5, 0.6) is 5.75 Å². The van der Waals surface area contributed by atoms with Crippen molar-refractivity contribution in [1.82, 2.24) is 25.5 Å². The molecule has 1 heterocycles. The van der Waals surface area contributed by atoms with Gasteiger partial charge >= 0.3 is 0 Å². The molecule has 0 spiro atoms. The molecular weight excluding hydrogens is 386 g/mol. The minimum Gasteiger partial charge on any atom is -0.496 e. The van der Waals surface area contributed by atoms with E-state index < -0.39 is 0 Å². The third-order valence-corrected chi connectivity index (χ3v) is 4.23. The zero-order valence-electron chi connectivity index (χ0n) is 13.7. The molecule has 0 fully saturated rings. The van der Waals surface area contributed by atoms with E-state index in [1.165, 1.54) is 0 Å². The fourth-order valence-corrected chi connectivity index (χ4v) is 2.87. The zero-order valence-corrected chi connectivity index (χ0v) is 15.3. The molecule has 0 radical (unpaired) electrons. The quantitative estimate of drug-likeness (QED) is 0.710. The van der Waals surface area contributed by atoms with Crippen LogP contribution in [0.2, 0.25) is 0 Å². The van der Waals surface area contributed by atoms with Gasteiger partial charge in [-0.15, -0.1) is 10.2 Å². The van der Waals surface area contributed by atoms with Gasteiger partial charge < -0.3 is 9.64 Å². The predicted octanol–water partition coefficient (Wildman–Crippen LogP) is 2.91. The first-order chi connectivity index (χ1) is 12.1. The van der Waals surface area contributed by atoms with Crippen LogP contribution in [0.4, 0.5) is 0 Å². The standard InChI is InChI=1S/C17H16BrN5O2/c1-23(10-13-9-14(18)7-8-15(13)25-2)17(24)12-5-3-11(4-6-12)16-19-21-22-20-16/h3-9H,10H2,1-2H3,(H,19,20,21,22). The lowest BCUT2D eigenvalue weighted by molar-refractivity contribution is 0.0784. The van der Waals surface area contributed by atoms with Crippen LogP contribution in [0.15, 0.2) is 46.9 Å². The van der Waals surface area contributed by atoms with Gasteiger partial charge in [-0.1, -0.05) is 28.1 Å². The fraction of sp³-hybridized carbons (Fsp3) is 0.176. The summed E-state index contributed by atoms with van der Waals surface area (Å²) >= 11 is 3.45. The first-order valence-electron chi connectivity index (χ1n) is 7.50. The highest BCUT2D eigenvalue weighted by molar-refractivity contribution is 9.10. The highest BCUT2D eigenvalue weighted by Gasteiger charge is 2.15. The number of halogens is 1. The molecule has 3 rings (SSSR count). The molecule has 0 unspecified atom stereocenters. The lowest BCUT2D eigenvalue weighted by atomic mass is 10.1. The molecule has 1 aromatic heterocycles. The number of hydrogen-bond acceptors (Lipinski definition) is 5. The Labute approximate surface area is 153 Å². The first-order valence-corrected chi connectivity index (χ1v) is 8.29. The predicted molar refractivity (Wildman–Crippen MR) is 96.1 cm³/mol. The Morgan fingerprint density at radius 2 is 2.00 bits per heavy atom. The van der Waals surface area contributed by atoms with E-state index in [2.05, 4.69) is 36.6 Å². The number of benzene rings is 2. The molecule has 0 atom stereocenters. The smallest absolute Gasteiger partial charge is 0.253 e. The molecule has 25 heavy (non-hydrogen) atoms. The van der Waals surface area contributed by atoms with E-state index in [9.17, 15) is 4.79 Å². The molecule has 0 aliphatic heterocycles. The fourth-order valence-electron chi connectivity index (χ4n) is 2.46. The summed E-state index contributed by atoms with van der Waals surface area (Å²) in [5.41, 5.74) is 2.31. The normalized spacial score (nSPS) is 10.5. The minimum absolute atomic E-state index is 0.0818. The molecule has 3 aromatic rings. The summed E-state index contributed by atoms with van der Waals surface area (Å²) in [5, 5.41) is 13.8. The molecule has 128 valence electrons. The van der Waals surface area contributed by atoms with Crippen LogP contribution in [-0.2, 0) is 6.54 Å². The minimum atomic E-state index is -0.0818. The average Bonchev–Trinajstić information content (AvgIpc) is 3.16. The van der Waals surface area contributed by atoms with Crippen molar-refractivity contribution >= 4 is 21.8 Å². The van der Waals surface area contributed by atoms with Gasteiger partial charge in [0, 0.05) is 34.8 Å². The molecule has 0 aliphatic rings. The van der Waals surface area contributed by atoms with E-state index in [-0.39, 0.29) is 5.91 Å². The molecule has 1 N–H and O–H groups in total. The Morgan fingerprint density at radius 3 is 2.64 bits per heavy atom. The van der Waals surface area contributed by atoms with Crippen molar-refractivity contribution in [2.75, 3.05) is 14.2 Å². The molecule has 8 heteroatoms. The van der Waals surface area contributed by atoms with Crippen molar-refractivity contribution in [3.63, 3.8) is 0 Å². The van der Waals surface area contributed by atoms with Crippen LogP contribution in [0.1, 0.15) is 15.9 Å². The molecule has 1 amide bonds. The van der Waals surface area contributed by atoms with Gasteiger partial charge in [0.25, 0.3) is 5.91 Å². The average molecular weight is 402 g/mol. The van der Waals surface area contributed by atoms with Gasteiger partial charge in [0.1, 0.15) is 5.75 Å². The Balaban J connectivity index is 1.75. The summed E-state index contributed by atoms with van der Waals surface area (Å²) in [7, 11) is 3.38. The van der Waals surface area contributed by atoms with Crippen molar-refractivity contribution in [3.05, 3.63) is 58.1 Å². The number of hydrogen-bond donors (Lipinski definition) is 1. The Morgan fingerprint density at radius 1 is 1.24 bits per heavy atom. The third-order valence-electron chi connectivity index (χ3n) is 3.73. The van der Waals surface area contributed by atoms with E-state index in [1.807, 2.05) is 18.2 Å². The van der Waals surface area contributed by atoms with Crippen LogP contribution in [0.3, 0.4) is 0 Å². The second-order valence-corrected chi connectivity index (χ2v) is 6.35. The van der Waals surface area contributed by atoms with Crippen LogP contribution in [-0.4, -0.2) is 45.6 Å². The number of H-pyrrole nitrogens is 1. The number of nitrogens with zero attached hydrogens (tertiary/aromatic N) is 4. The molecule has 0 saturated carbocycles. The highest BCUT2D eigenvalue weighted by Crippen LogP contribution is 2.24. The molecule has 0 bridgehead atoms. The van der Waals surface area contributed by atoms with Gasteiger partial charge in [-0.05, 0) is 35.5 Å². The van der Waals surface area contributed by atoms with Crippen LogP contribution in [0.25, 0.3) is 11.4 Å². The summed E-state index contributed by atoms with van der Waals surface area (Å²) in [4.78, 5) is 14.3. The summed E-state index contributed by atoms with van der Waals surface area (Å²) in [6, 6.07) is 12.8. The lowest BCUT2D eigenvalue weighted by Gasteiger charge is -2.19. The van der Waals surface area contributed by atoms with E-state index >= 15 is 0 Å². The summed E-state index contributed by atoms with van der Waals surface area (Å²) in [6.45, 7) is 0.439. The topological polar surface area (TPSA) is 84.0 Å². The van der Waals surface area contributed by atoms with Crippen molar-refractivity contribution in [1.29, 1.82) is 0 Å². The number of aromatic nitrogens is 4. The van der Waals surface area contributed by atoms with Crippen molar-refractivity contribution in [3.8, 4) is 17.1 Å². The summed E-state index contributed by atoms with van der Waals surface area (Å²) < 4.78 is 6.30. The van der Waals surface area contributed by atoms with Gasteiger partial charge in [0.05, 0.1) is 7.11 Å². The summed E-state index contributed by atoms with van der Waals surface area (Å²) in [6.07, 6.45) is 0. The van der Waals surface area contributed by atoms with Gasteiger partial charge in [0.2, 0.25) is 5.82 Å². The number of amides is 1. The maximum Gasteiger partial charge on any atom is 0.253 e. The number of tetrazole rings is 1. The second kappa shape index (κ2) is 7.43. The third kappa shape index (κ3) is 3.85. The van der Waals surface area contributed by atoms with E-state index in [4.69, 9.17) is 4.74 Å².